The molecule has 8 heteroatoms. The van der Waals surface area contributed by atoms with E-state index in [2.05, 4.69) is 9.97 Å². The zero-order chi connectivity index (χ0) is 20.2. The summed E-state index contributed by atoms with van der Waals surface area (Å²) in [5.74, 6) is -1.57. The first-order valence-electron chi connectivity index (χ1n) is 8.30. The SMILES string of the molecule is CC.COc1nccc(C)c1-c1cc2ccc(NC(=O)C(F)(F)F)cc2[nH]1. The van der Waals surface area contributed by atoms with Crippen LogP contribution in [-0.2, 0) is 4.79 Å². The number of fused-ring (bicyclic) bond motifs is 1. The summed E-state index contributed by atoms with van der Waals surface area (Å²) in [6, 6.07) is 8.16. The molecule has 0 aliphatic carbocycles. The van der Waals surface area contributed by atoms with E-state index >= 15 is 0 Å². The Morgan fingerprint density at radius 1 is 1.19 bits per heavy atom. The van der Waals surface area contributed by atoms with Crippen LogP contribution in [0.15, 0.2) is 36.5 Å². The number of aromatic nitrogens is 2. The lowest BCUT2D eigenvalue weighted by Gasteiger charge is -2.08. The molecule has 27 heavy (non-hydrogen) atoms. The first-order valence-corrected chi connectivity index (χ1v) is 8.30. The first-order chi connectivity index (χ1) is 12.8. The number of amides is 1. The number of carbonyl (C=O) groups excluding carboxylic acids is 1. The molecular weight excluding hydrogens is 359 g/mol. The highest BCUT2D eigenvalue weighted by Gasteiger charge is 2.38. The van der Waals surface area contributed by atoms with Crippen LogP contribution >= 0.6 is 0 Å². The molecule has 2 N–H and O–H groups in total. The minimum absolute atomic E-state index is 0.0538. The van der Waals surface area contributed by atoms with Crippen LogP contribution in [0, 0.1) is 6.92 Å². The van der Waals surface area contributed by atoms with Crippen molar-refractivity contribution in [3.05, 3.63) is 42.1 Å². The summed E-state index contributed by atoms with van der Waals surface area (Å²) in [6.45, 7) is 5.90. The van der Waals surface area contributed by atoms with Crippen LogP contribution < -0.4 is 10.1 Å². The Kier molecular flexibility index (Phi) is 6.09. The van der Waals surface area contributed by atoms with E-state index in [1.165, 1.54) is 19.2 Å². The molecule has 2 aromatic heterocycles. The van der Waals surface area contributed by atoms with Crippen molar-refractivity contribution < 1.29 is 22.7 Å². The lowest BCUT2D eigenvalue weighted by Crippen LogP contribution is -2.29. The van der Waals surface area contributed by atoms with E-state index in [0.29, 0.717) is 11.4 Å². The molecule has 0 atom stereocenters. The van der Waals surface area contributed by atoms with Crippen LogP contribution in [0.2, 0.25) is 0 Å². The van der Waals surface area contributed by atoms with E-state index in [1.807, 2.05) is 38.2 Å². The molecule has 1 amide bonds. The van der Waals surface area contributed by atoms with Gasteiger partial charge < -0.3 is 15.0 Å². The molecule has 3 aromatic rings. The maximum atomic E-state index is 12.4. The Bertz CT molecular complexity index is 949. The van der Waals surface area contributed by atoms with Gasteiger partial charge in [0.15, 0.2) is 0 Å². The number of methoxy groups -OCH3 is 1. The highest BCUT2D eigenvalue weighted by molar-refractivity contribution is 5.97. The highest BCUT2D eigenvalue weighted by atomic mass is 19.4. The van der Waals surface area contributed by atoms with Crippen molar-refractivity contribution in [2.24, 2.45) is 0 Å². The second-order valence-electron chi connectivity index (χ2n) is 5.45. The zero-order valence-corrected chi connectivity index (χ0v) is 15.4. The second kappa shape index (κ2) is 8.11. The molecule has 0 radical (unpaired) electrons. The number of benzene rings is 1. The first kappa shape index (κ1) is 20.3. The number of hydrogen-bond donors (Lipinski definition) is 2. The van der Waals surface area contributed by atoms with Gasteiger partial charge in [-0.25, -0.2) is 4.98 Å². The zero-order valence-electron chi connectivity index (χ0n) is 15.4. The molecule has 0 saturated heterocycles. The Balaban J connectivity index is 0.00000126. The van der Waals surface area contributed by atoms with Gasteiger partial charge in [0, 0.05) is 22.8 Å². The number of carbonyl (C=O) groups is 1. The minimum atomic E-state index is -4.93. The number of alkyl halides is 3. The Labute approximate surface area is 154 Å². The van der Waals surface area contributed by atoms with Crippen LogP contribution in [0.5, 0.6) is 5.88 Å². The summed E-state index contributed by atoms with van der Waals surface area (Å²) in [5.41, 5.74) is 3.06. The molecule has 0 spiro atoms. The highest BCUT2D eigenvalue weighted by Crippen LogP contribution is 2.33. The van der Waals surface area contributed by atoms with Gasteiger partial charge in [-0.1, -0.05) is 19.9 Å². The molecule has 3 rings (SSSR count). The molecule has 0 fully saturated rings. The van der Waals surface area contributed by atoms with Gasteiger partial charge in [0.25, 0.3) is 0 Å². The second-order valence-corrected chi connectivity index (χ2v) is 5.45. The topological polar surface area (TPSA) is 67.0 Å². The van der Waals surface area contributed by atoms with Gasteiger partial charge in [-0.15, -0.1) is 0 Å². The van der Waals surface area contributed by atoms with Gasteiger partial charge in [0.1, 0.15) is 0 Å². The van der Waals surface area contributed by atoms with Crippen LogP contribution in [-0.4, -0.2) is 29.2 Å². The summed E-state index contributed by atoms with van der Waals surface area (Å²) in [5, 5.41) is 2.62. The predicted molar refractivity (Wildman–Crippen MR) is 98.9 cm³/mol. The van der Waals surface area contributed by atoms with Gasteiger partial charge in [0.05, 0.1) is 18.4 Å². The molecule has 0 aliphatic heterocycles. The van der Waals surface area contributed by atoms with Crippen LogP contribution in [0.4, 0.5) is 18.9 Å². The molecule has 0 unspecified atom stereocenters. The van der Waals surface area contributed by atoms with Crippen molar-refractivity contribution in [1.29, 1.82) is 0 Å². The van der Waals surface area contributed by atoms with Crippen molar-refractivity contribution in [3.63, 3.8) is 0 Å². The minimum Gasteiger partial charge on any atom is -0.480 e. The third kappa shape index (κ3) is 4.39. The number of aryl methyl sites for hydroxylation is 1. The lowest BCUT2D eigenvalue weighted by molar-refractivity contribution is -0.167. The number of nitrogens with zero attached hydrogens (tertiary/aromatic N) is 1. The maximum absolute atomic E-state index is 12.4. The molecule has 0 saturated carbocycles. The average molecular weight is 379 g/mol. The van der Waals surface area contributed by atoms with E-state index in [0.717, 1.165) is 22.2 Å². The molecule has 1 aromatic carbocycles. The quantitative estimate of drug-likeness (QED) is 0.667. The fraction of sp³-hybridized carbons (Fsp3) is 0.263. The number of anilines is 1. The fourth-order valence-corrected chi connectivity index (χ4v) is 2.56. The molecule has 144 valence electrons. The number of aromatic amines is 1. The maximum Gasteiger partial charge on any atom is 0.471 e. The summed E-state index contributed by atoms with van der Waals surface area (Å²) in [7, 11) is 1.51. The summed E-state index contributed by atoms with van der Waals surface area (Å²) in [6.07, 6.45) is -3.30. The van der Waals surface area contributed by atoms with Crippen molar-refractivity contribution in [1.82, 2.24) is 9.97 Å². The number of hydrogen-bond acceptors (Lipinski definition) is 3. The number of ether oxygens (including phenoxy) is 1. The third-order valence-corrected chi connectivity index (χ3v) is 3.73. The van der Waals surface area contributed by atoms with E-state index in [4.69, 9.17) is 4.74 Å². The Hall–Kier alpha value is -3.03. The predicted octanol–water partition coefficient (Wildman–Crippen LogP) is 5.07. The number of nitrogens with one attached hydrogen (secondary N) is 2. The lowest BCUT2D eigenvalue weighted by atomic mass is 10.1. The van der Waals surface area contributed by atoms with Crippen LogP contribution in [0.1, 0.15) is 19.4 Å². The van der Waals surface area contributed by atoms with Crippen molar-refractivity contribution in [2.75, 3.05) is 12.4 Å². The smallest absolute Gasteiger partial charge is 0.471 e. The summed E-state index contributed by atoms with van der Waals surface area (Å²) in [4.78, 5) is 18.3. The Morgan fingerprint density at radius 3 is 2.52 bits per heavy atom. The molecule has 0 aliphatic rings. The van der Waals surface area contributed by atoms with Gasteiger partial charge in [-0.2, -0.15) is 13.2 Å². The molecule has 2 heterocycles. The van der Waals surface area contributed by atoms with Gasteiger partial charge in [-0.05, 0) is 36.8 Å². The third-order valence-electron chi connectivity index (χ3n) is 3.73. The van der Waals surface area contributed by atoms with Crippen molar-refractivity contribution in [3.8, 4) is 17.1 Å². The normalized spacial score (nSPS) is 10.9. The van der Waals surface area contributed by atoms with Crippen molar-refractivity contribution >= 4 is 22.5 Å². The Morgan fingerprint density at radius 2 is 1.89 bits per heavy atom. The molecular formula is C19H20F3N3O2. The number of pyridine rings is 1. The van der Waals surface area contributed by atoms with E-state index in [1.54, 1.807) is 12.3 Å². The van der Waals surface area contributed by atoms with Gasteiger partial charge in [0.2, 0.25) is 5.88 Å². The van der Waals surface area contributed by atoms with Crippen molar-refractivity contribution in [2.45, 2.75) is 26.9 Å². The summed E-state index contributed by atoms with van der Waals surface area (Å²) >= 11 is 0. The van der Waals surface area contributed by atoms with E-state index in [-0.39, 0.29) is 5.69 Å². The van der Waals surface area contributed by atoms with E-state index < -0.39 is 12.1 Å². The number of H-pyrrole nitrogens is 1. The van der Waals surface area contributed by atoms with Crippen LogP contribution in [0.3, 0.4) is 0 Å². The van der Waals surface area contributed by atoms with Gasteiger partial charge >= 0.3 is 12.1 Å². The van der Waals surface area contributed by atoms with E-state index in [9.17, 15) is 18.0 Å². The number of rotatable bonds is 3. The van der Waals surface area contributed by atoms with Crippen LogP contribution in [0.25, 0.3) is 22.2 Å². The summed E-state index contributed by atoms with van der Waals surface area (Å²) < 4.78 is 42.4. The number of halogens is 3. The average Bonchev–Trinajstić information content (AvgIpc) is 3.05. The fourth-order valence-electron chi connectivity index (χ4n) is 2.56. The standard InChI is InChI=1S/C17H14F3N3O2.C2H6/c1-9-5-6-21-15(25-2)14(9)13-7-10-3-4-11(8-12(10)23-13)22-16(24)17(18,19)20;1-2/h3-8,23H,1-2H3,(H,22,24);1-2H3. The monoisotopic (exact) mass is 379 g/mol. The molecule has 0 bridgehead atoms. The van der Waals surface area contributed by atoms with Gasteiger partial charge in [-0.3, -0.25) is 4.79 Å². The molecule has 5 nitrogen and oxygen atoms in total. The largest absolute Gasteiger partial charge is 0.480 e.